The van der Waals surface area contributed by atoms with Gasteiger partial charge in [0.25, 0.3) is 5.91 Å². The first kappa shape index (κ1) is 16.7. The van der Waals surface area contributed by atoms with E-state index in [2.05, 4.69) is 15.3 Å². The summed E-state index contributed by atoms with van der Waals surface area (Å²) in [5.74, 6) is 0.120. The quantitative estimate of drug-likeness (QED) is 0.867. The lowest BCUT2D eigenvalue weighted by atomic mass is 10.2. The molecule has 0 saturated carbocycles. The van der Waals surface area contributed by atoms with Crippen molar-refractivity contribution in [1.82, 2.24) is 15.3 Å². The Morgan fingerprint density at radius 2 is 2.25 bits per heavy atom. The number of rotatable bonds is 6. The van der Waals surface area contributed by atoms with Gasteiger partial charge >= 0.3 is 0 Å². The molecule has 1 fully saturated rings. The summed E-state index contributed by atoms with van der Waals surface area (Å²) in [5, 5.41) is 3.17. The minimum absolute atomic E-state index is 0.0324. The molecule has 1 atom stereocenters. The van der Waals surface area contributed by atoms with Crippen molar-refractivity contribution in [3.05, 3.63) is 52.9 Å². The number of nitrogens with zero attached hydrogens (tertiary/aromatic N) is 2. The fourth-order valence-electron chi connectivity index (χ4n) is 2.37. The van der Waals surface area contributed by atoms with E-state index in [0.29, 0.717) is 36.2 Å². The second-order valence-corrected chi connectivity index (χ2v) is 5.88. The Labute approximate surface area is 145 Å². The molecule has 24 heavy (non-hydrogen) atoms. The van der Waals surface area contributed by atoms with Gasteiger partial charge in [-0.1, -0.05) is 11.6 Å². The summed E-state index contributed by atoms with van der Waals surface area (Å²) < 4.78 is 10.9. The summed E-state index contributed by atoms with van der Waals surface area (Å²) in [6, 6.07) is 5.41. The predicted molar refractivity (Wildman–Crippen MR) is 89.4 cm³/mol. The second kappa shape index (κ2) is 8.08. The van der Waals surface area contributed by atoms with Crippen LogP contribution in [-0.2, 0) is 11.2 Å². The molecule has 3 heterocycles. The Bertz CT molecular complexity index is 691. The smallest absolute Gasteiger partial charge is 0.252 e. The van der Waals surface area contributed by atoms with Crippen LogP contribution in [0.15, 0.2) is 36.8 Å². The van der Waals surface area contributed by atoms with Crippen LogP contribution in [-0.4, -0.2) is 41.7 Å². The van der Waals surface area contributed by atoms with Gasteiger partial charge in [-0.05, 0) is 30.2 Å². The lowest BCUT2D eigenvalue weighted by Gasteiger charge is -2.12. The van der Waals surface area contributed by atoms with Crippen molar-refractivity contribution in [2.45, 2.75) is 18.9 Å². The molecule has 0 aliphatic carbocycles. The highest BCUT2D eigenvalue weighted by atomic mass is 35.5. The first-order valence-electron chi connectivity index (χ1n) is 7.79. The summed E-state index contributed by atoms with van der Waals surface area (Å²) in [4.78, 5) is 20.3. The van der Waals surface area contributed by atoms with E-state index in [1.165, 1.54) is 6.20 Å². The fraction of sp³-hybridized carbons (Fsp3) is 0.353. The van der Waals surface area contributed by atoms with Crippen LogP contribution in [0.1, 0.15) is 22.3 Å². The van der Waals surface area contributed by atoms with Crippen LogP contribution in [0.5, 0.6) is 5.88 Å². The summed E-state index contributed by atoms with van der Waals surface area (Å²) >= 11 is 6.17. The van der Waals surface area contributed by atoms with E-state index in [1.54, 1.807) is 18.5 Å². The molecule has 1 N–H and O–H groups in total. The monoisotopic (exact) mass is 347 g/mol. The van der Waals surface area contributed by atoms with Gasteiger partial charge in [-0.25, -0.2) is 4.98 Å². The molecule has 2 aromatic rings. The van der Waals surface area contributed by atoms with Crippen molar-refractivity contribution in [3.63, 3.8) is 0 Å². The van der Waals surface area contributed by atoms with E-state index in [4.69, 9.17) is 21.1 Å². The van der Waals surface area contributed by atoms with Gasteiger partial charge in [0.05, 0.1) is 18.8 Å². The maximum Gasteiger partial charge on any atom is 0.252 e. The highest BCUT2D eigenvalue weighted by Crippen LogP contribution is 2.25. The highest BCUT2D eigenvalue weighted by molar-refractivity contribution is 6.32. The van der Waals surface area contributed by atoms with Crippen LogP contribution in [0.3, 0.4) is 0 Å². The largest absolute Gasteiger partial charge is 0.471 e. The number of hydrogen-bond acceptors (Lipinski definition) is 5. The number of halogens is 1. The molecule has 1 aliphatic rings. The molecule has 1 amide bonds. The van der Waals surface area contributed by atoms with Crippen LogP contribution in [0.25, 0.3) is 0 Å². The zero-order chi connectivity index (χ0) is 16.8. The maximum absolute atomic E-state index is 12.2. The summed E-state index contributed by atoms with van der Waals surface area (Å²) in [6.45, 7) is 1.74. The van der Waals surface area contributed by atoms with Gasteiger partial charge in [0.2, 0.25) is 5.88 Å². The summed E-state index contributed by atoms with van der Waals surface area (Å²) in [5.41, 5.74) is 1.52. The first-order chi connectivity index (χ1) is 11.7. The fourth-order valence-corrected chi connectivity index (χ4v) is 2.58. The SMILES string of the molecule is O=C(NCCc1ccncc1)c1cnc(OC2CCOC2)c(Cl)c1. The molecule has 0 aromatic carbocycles. The van der Waals surface area contributed by atoms with Crippen LogP contribution < -0.4 is 10.1 Å². The van der Waals surface area contributed by atoms with Crippen LogP contribution in [0, 0.1) is 0 Å². The molecule has 1 aliphatic heterocycles. The standard InChI is InChI=1S/C17H18ClN3O3/c18-15-9-13(10-21-17(15)24-14-4-8-23-11-14)16(22)20-7-3-12-1-5-19-6-2-12/h1-2,5-6,9-10,14H,3-4,7-8,11H2,(H,20,22). The maximum atomic E-state index is 12.2. The van der Waals surface area contributed by atoms with E-state index in [9.17, 15) is 4.79 Å². The Morgan fingerprint density at radius 3 is 2.96 bits per heavy atom. The average molecular weight is 348 g/mol. The normalized spacial score (nSPS) is 16.8. The summed E-state index contributed by atoms with van der Waals surface area (Å²) in [6.07, 6.45) is 6.45. The molecule has 7 heteroatoms. The first-order valence-corrected chi connectivity index (χ1v) is 8.17. The number of carbonyl (C=O) groups is 1. The van der Waals surface area contributed by atoms with Crippen molar-refractivity contribution in [1.29, 1.82) is 0 Å². The van der Waals surface area contributed by atoms with Crippen molar-refractivity contribution >= 4 is 17.5 Å². The molecule has 2 aromatic heterocycles. The van der Waals surface area contributed by atoms with Crippen molar-refractivity contribution in [2.24, 2.45) is 0 Å². The molecular formula is C17H18ClN3O3. The summed E-state index contributed by atoms with van der Waals surface area (Å²) in [7, 11) is 0. The minimum Gasteiger partial charge on any atom is -0.471 e. The van der Waals surface area contributed by atoms with Gasteiger partial charge in [0.1, 0.15) is 11.1 Å². The average Bonchev–Trinajstić information content (AvgIpc) is 3.10. The van der Waals surface area contributed by atoms with E-state index in [0.717, 1.165) is 18.4 Å². The van der Waals surface area contributed by atoms with E-state index in [1.807, 2.05) is 12.1 Å². The number of pyridine rings is 2. The predicted octanol–water partition coefficient (Wildman–Crippen LogP) is 2.27. The number of amides is 1. The van der Waals surface area contributed by atoms with Gasteiger partial charge in [0, 0.05) is 31.6 Å². The van der Waals surface area contributed by atoms with Crippen molar-refractivity contribution < 1.29 is 14.3 Å². The Morgan fingerprint density at radius 1 is 1.42 bits per heavy atom. The molecule has 1 saturated heterocycles. The molecule has 0 bridgehead atoms. The number of carbonyl (C=O) groups excluding carboxylic acids is 1. The zero-order valence-corrected chi connectivity index (χ0v) is 13.8. The Balaban J connectivity index is 1.53. The minimum atomic E-state index is -0.214. The van der Waals surface area contributed by atoms with E-state index in [-0.39, 0.29) is 12.0 Å². The van der Waals surface area contributed by atoms with E-state index < -0.39 is 0 Å². The van der Waals surface area contributed by atoms with Gasteiger partial charge in [0.15, 0.2) is 0 Å². The van der Waals surface area contributed by atoms with Crippen LogP contribution >= 0.6 is 11.6 Å². The number of nitrogens with one attached hydrogen (secondary N) is 1. The van der Waals surface area contributed by atoms with Crippen molar-refractivity contribution in [3.8, 4) is 5.88 Å². The third kappa shape index (κ3) is 4.43. The molecule has 126 valence electrons. The van der Waals surface area contributed by atoms with Crippen LogP contribution in [0.4, 0.5) is 0 Å². The van der Waals surface area contributed by atoms with Gasteiger partial charge in [-0.3, -0.25) is 9.78 Å². The molecule has 6 nitrogen and oxygen atoms in total. The van der Waals surface area contributed by atoms with Crippen molar-refractivity contribution in [2.75, 3.05) is 19.8 Å². The third-order valence-electron chi connectivity index (χ3n) is 3.68. The lowest BCUT2D eigenvalue weighted by molar-refractivity contribution is 0.0953. The van der Waals surface area contributed by atoms with Gasteiger partial charge in [-0.2, -0.15) is 0 Å². The zero-order valence-electron chi connectivity index (χ0n) is 13.1. The number of hydrogen-bond donors (Lipinski definition) is 1. The lowest BCUT2D eigenvalue weighted by Crippen LogP contribution is -2.26. The highest BCUT2D eigenvalue weighted by Gasteiger charge is 2.19. The Kier molecular flexibility index (Phi) is 5.61. The molecule has 1 unspecified atom stereocenters. The van der Waals surface area contributed by atoms with E-state index >= 15 is 0 Å². The molecule has 0 spiro atoms. The molecular weight excluding hydrogens is 330 g/mol. The number of aromatic nitrogens is 2. The molecule has 0 radical (unpaired) electrons. The van der Waals surface area contributed by atoms with Crippen LogP contribution in [0.2, 0.25) is 5.02 Å². The topological polar surface area (TPSA) is 73.3 Å². The Hall–Kier alpha value is -2.18. The van der Waals surface area contributed by atoms with Gasteiger partial charge in [-0.15, -0.1) is 0 Å². The number of ether oxygens (including phenoxy) is 2. The molecule has 3 rings (SSSR count). The second-order valence-electron chi connectivity index (χ2n) is 5.48. The van der Waals surface area contributed by atoms with Gasteiger partial charge < -0.3 is 14.8 Å². The third-order valence-corrected chi connectivity index (χ3v) is 3.96.